The van der Waals surface area contributed by atoms with E-state index in [0.717, 1.165) is 85.2 Å². The molecule has 2 saturated heterocycles. The maximum atomic E-state index is 14.4. The molecule has 0 saturated carbocycles. The number of ether oxygens (including phenoxy) is 3. The number of carbonyl (C=O) groups is 3. The number of nitrogens with zero attached hydrogens (tertiary/aromatic N) is 6. The van der Waals surface area contributed by atoms with Gasteiger partial charge in [0.05, 0.1) is 11.3 Å². The molecule has 0 spiro atoms. The van der Waals surface area contributed by atoms with E-state index in [9.17, 15) is 23.2 Å². The summed E-state index contributed by atoms with van der Waals surface area (Å²) in [5, 5.41) is 19.2. The Morgan fingerprint density at radius 2 is 1.00 bits per heavy atom. The number of carbonyl (C=O) groups excluding carboxylic acids is 2. The van der Waals surface area contributed by atoms with Gasteiger partial charge in [0.1, 0.15) is 28.7 Å². The number of thioether (sulfide) groups is 2. The Labute approximate surface area is 460 Å². The van der Waals surface area contributed by atoms with E-state index in [0.29, 0.717) is 56.2 Å². The molecule has 2 aliphatic rings. The molecule has 0 bridgehead atoms. The zero-order chi connectivity index (χ0) is 55.2. The Morgan fingerprint density at radius 3 is 1.45 bits per heavy atom. The lowest BCUT2D eigenvalue weighted by molar-refractivity contribution is 0.0634. The second-order valence-corrected chi connectivity index (χ2v) is 20.7. The maximum absolute atomic E-state index is 14.4. The summed E-state index contributed by atoms with van der Waals surface area (Å²) in [6, 6.07) is 34.4. The minimum Gasteiger partial charge on any atom is -0.478 e. The standard InChI is InChI=1S/C27H25FN4O2S.C20H21N3O3S.C12H14FNO2/c1-35-27-29-12-11-25(31-27)34-24-10-9-23(21-7-3-4-8-22(21)24)30-26(33)18-15-19(28)17-20(16-18)32-13-5-2-6-14-32;1-20(2,3)26-19(24)22-15-9-10-16(14-8-6-5-7-13(14)15)25-17-11-12-21-18(23-17)27-4;13-10-6-9(12(15)16)7-11(8-10)14-4-2-1-3-5-14/h3-4,7-12,15-17H,2,5-6,13-14H2,1H3,(H,30,33);5-12H,1-4H3,(H,22,24);6-8H,1-5H2,(H,15,16). The number of fused-ring (bicyclic) bond motifs is 2. The molecule has 2 fully saturated rings. The summed E-state index contributed by atoms with van der Waals surface area (Å²) in [5.41, 5.74) is 2.44. The zero-order valence-electron chi connectivity index (χ0n) is 43.9. The van der Waals surface area contributed by atoms with Crippen LogP contribution in [0.5, 0.6) is 23.3 Å². The zero-order valence-corrected chi connectivity index (χ0v) is 45.6. The highest BCUT2D eigenvalue weighted by atomic mass is 32.2. The Kier molecular flexibility index (Phi) is 19.0. The normalized spacial score (nSPS) is 13.3. The van der Waals surface area contributed by atoms with E-state index in [4.69, 9.17) is 19.3 Å². The van der Waals surface area contributed by atoms with Crippen LogP contribution in [-0.2, 0) is 4.74 Å². The first-order valence-electron chi connectivity index (χ1n) is 25.4. The van der Waals surface area contributed by atoms with E-state index >= 15 is 0 Å². The van der Waals surface area contributed by atoms with Crippen molar-refractivity contribution in [2.24, 2.45) is 0 Å². The lowest BCUT2D eigenvalue weighted by Crippen LogP contribution is -2.29. The van der Waals surface area contributed by atoms with Crippen LogP contribution in [0.15, 0.2) is 144 Å². The number of benzene rings is 6. The van der Waals surface area contributed by atoms with Gasteiger partial charge in [-0.3, -0.25) is 10.1 Å². The molecule has 0 aliphatic carbocycles. The van der Waals surface area contributed by atoms with Crippen LogP contribution in [0.3, 0.4) is 0 Å². The number of halogens is 2. The first-order valence-corrected chi connectivity index (χ1v) is 27.9. The van der Waals surface area contributed by atoms with Gasteiger partial charge in [-0.2, -0.15) is 9.97 Å². The topological polar surface area (TPSA) is 181 Å². The number of rotatable bonds is 12. The number of aromatic carboxylic acids is 1. The van der Waals surface area contributed by atoms with Gasteiger partial charge in [-0.25, -0.2) is 28.3 Å². The van der Waals surface area contributed by atoms with Crippen molar-refractivity contribution >= 4 is 85.8 Å². The Bertz CT molecular complexity index is 3410. The number of piperidine rings is 2. The number of amides is 2. The summed E-state index contributed by atoms with van der Waals surface area (Å²) in [7, 11) is 0. The van der Waals surface area contributed by atoms with E-state index in [-0.39, 0.29) is 11.5 Å². The summed E-state index contributed by atoms with van der Waals surface area (Å²) in [6.07, 6.45) is 13.3. The number of carboxylic acid groups (broad SMARTS) is 1. The molecule has 2 aliphatic heterocycles. The van der Waals surface area contributed by atoms with Crippen molar-refractivity contribution in [3.8, 4) is 23.3 Å². The minimum atomic E-state index is -1.09. The van der Waals surface area contributed by atoms with Crippen molar-refractivity contribution < 1.29 is 42.5 Å². The van der Waals surface area contributed by atoms with E-state index in [1.54, 1.807) is 54.9 Å². The molecule has 0 atom stereocenters. The SMILES string of the molecule is CSc1nccc(Oc2ccc(NC(=O)OC(C)(C)C)c3ccccc23)n1.CSc1nccc(Oc2ccc(NC(=O)c3cc(F)cc(N4CCCCC4)c3)c3ccccc23)n1.O=C(O)c1cc(F)cc(N2CCCCC2)c1. The number of nitrogens with one attached hydrogen (secondary N) is 2. The predicted octanol–water partition coefficient (Wildman–Crippen LogP) is 14.5. The summed E-state index contributed by atoms with van der Waals surface area (Å²) in [4.78, 5) is 57.3. The van der Waals surface area contributed by atoms with Crippen molar-refractivity contribution in [2.45, 2.75) is 75.2 Å². The van der Waals surface area contributed by atoms with Crippen molar-refractivity contribution in [1.29, 1.82) is 0 Å². The number of anilines is 4. The first kappa shape index (κ1) is 56.2. The predicted molar refractivity (Wildman–Crippen MR) is 305 cm³/mol. The number of hydrogen-bond donors (Lipinski definition) is 3. The third kappa shape index (κ3) is 15.3. The molecule has 8 aromatic rings. The summed E-state index contributed by atoms with van der Waals surface area (Å²) >= 11 is 2.88. The molecule has 2 amide bonds. The summed E-state index contributed by atoms with van der Waals surface area (Å²) in [5.74, 6) is -0.182. The van der Waals surface area contributed by atoms with Gasteiger partial charge in [-0.15, -0.1) is 0 Å². The van der Waals surface area contributed by atoms with E-state index in [1.807, 2.05) is 86.7 Å². The minimum absolute atomic E-state index is 0.0144. The molecule has 10 rings (SSSR count). The smallest absolute Gasteiger partial charge is 0.412 e. The van der Waals surface area contributed by atoms with Crippen molar-refractivity contribution in [3.05, 3.63) is 156 Å². The van der Waals surface area contributed by atoms with Crippen molar-refractivity contribution in [2.75, 3.05) is 59.1 Å². The van der Waals surface area contributed by atoms with Gasteiger partial charge in [-0.05, 0) is 132 Å². The Hall–Kier alpha value is -8.03. The van der Waals surface area contributed by atoms with Crippen LogP contribution >= 0.6 is 23.5 Å². The second kappa shape index (κ2) is 26.3. The molecule has 404 valence electrons. The van der Waals surface area contributed by atoms with Crippen LogP contribution < -0.4 is 29.9 Å². The molecule has 19 heteroatoms. The highest BCUT2D eigenvalue weighted by molar-refractivity contribution is 7.98. The average Bonchev–Trinajstić information content (AvgIpc) is 3.45. The highest BCUT2D eigenvalue weighted by Gasteiger charge is 2.20. The second-order valence-electron chi connectivity index (χ2n) is 19.2. The molecule has 4 heterocycles. The van der Waals surface area contributed by atoms with Crippen molar-refractivity contribution in [3.63, 3.8) is 0 Å². The average molecular weight is 1100 g/mol. The monoisotopic (exact) mass is 1090 g/mol. The molecular weight excluding hydrogens is 1030 g/mol. The molecular formula is C59H60F2N8O7S2. The van der Waals surface area contributed by atoms with Gasteiger partial charge in [-0.1, -0.05) is 72.1 Å². The van der Waals surface area contributed by atoms with Crippen LogP contribution in [0.2, 0.25) is 0 Å². The molecule has 78 heavy (non-hydrogen) atoms. The highest BCUT2D eigenvalue weighted by Crippen LogP contribution is 2.36. The van der Waals surface area contributed by atoms with E-state index in [2.05, 4.69) is 35.5 Å². The van der Waals surface area contributed by atoms with Crippen LogP contribution in [0.4, 0.5) is 36.3 Å². The van der Waals surface area contributed by atoms with Gasteiger partial charge < -0.3 is 34.4 Å². The third-order valence-electron chi connectivity index (χ3n) is 12.4. The quantitative estimate of drug-likeness (QED) is 0.0776. The first-order chi connectivity index (χ1) is 37.6. The van der Waals surface area contributed by atoms with Crippen LogP contribution in [0.1, 0.15) is 80.0 Å². The largest absolute Gasteiger partial charge is 0.478 e. The summed E-state index contributed by atoms with van der Waals surface area (Å²) < 4.78 is 45.0. The lowest BCUT2D eigenvalue weighted by Gasteiger charge is -2.29. The summed E-state index contributed by atoms with van der Waals surface area (Å²) in [6.45, 7) is 8.98. The van der Waals surface area contributed by atoms with Gasteiger partial charge in [0.15, 0.2) is 10.3 Å². The van der Waals surface area contributed by atoms with Gasteiger partial charge in [0.2, 0.25) is 11.8 Å². The van der Waals surface area contributed by atoms with E-state index in [1.165, 1.54) is 60.6 Å². The third-order valence-corrected chi connectivity index (χ3v) is 13.5. The molecule has 0 unspecified atom stereocenters. The Morgan fingerprint density at radius 1 is 0.564 bits per heavy atom. The fourth-order valence-corrected chi connectivity index (χ4v) is 9.50. The molecule has 0 radical (unpaired) electrons. The number of carboxylic acids is 1. The molecule has 3 N–H and O–H groups in total. The Balaban J connectivity index is 0.000000165. The fraction of sp³-hybridized carbons (Fsp3) is 0.271. The lowest BCUT2D eigenvalue weighted by atomic mass is 10.1. The number of aromatic nitrogens is 4. The number of hydrogen-bond acceptors (Lipinski definition) is 14. The maximum Gasteiger partial charge on any atom is 0.412 e. The molecule has 15 nitrogen and oxygen atoms in total. The molecule has 2 aromatic heterocycles. The van der Waals surface area contributed by atoms with Crippen LogP contribution in [0.25, 0.3) is 21.5 Å². The molecule has 6 aromatic carbocycles. The van der Waals surface area contributed by atoms with E-state index < -0.39 is 29.3 Å². The van der Waals surface area contributed by atoms with Gasteiger partial charge in [0.25, 0.3) is 5.91 Å². The van der Waals surface area contributed by atoms with Crippen LogP contribution in [0, 0.1) is 11.6 Å². The van der Waals surface area contributed by atoms with Gasteiger partial charge in [0, 0.05) is 94.9 Å². The van der Waals surface area contributed by atoms with Gasteiger partial charge >= 0.3 is 12.1 Å². The van der Waals surface area contributed by atoms with Crippen LogP contribution in [-0.4, -0.2) is 87.3 Å². The van der Waals surface area contributed by atoms with Crippen molar-refractivity contribution in [1.82, 2.24) is 19.9 Å². The fourth-order valence-electron chi connectivity index (χ4n) is 8.81.